The predicted molar refractivity (Wildman–Crippen MR) is 85.1 cm³/mol. The highest BCUT2D eigenvalue weighted by molar-refractivity contribution is 6.30. The number of quaternary nitrogens is 1. The second-order valence-electron chi connectivity index (χ2n) is 5.73. The van der Waals surface area contributed by atoms with Gasteiger partial charge in [0.2, 0.25) is 0 Å². The van der Waals surface area contributed by atoms with E-state index in [0.717, 1.165) is 37.2 Å². The van der Waals surface area contributed by atoms with Gasteiger partial charge in [-0.1, -0.05) is 11.6 Å². The Bertz CT molecular complexity index is 554. The molecule has 1 heterocycles. The number of ether oxygens (including phenoxy) is 1. The van der Waals surface area contributed by atoms with Crippen molar-refractivity contribution in [3.8, 4) is 0 Å². The largest absolute Gasteiger partial charge is 0.469 e. The fourth-order valence-corrected chi connectivity index (χ4v) is 3.02. The zero-order chi connectivity index (χ0) is 16.1. The van der Waals surface area contributed by atoms with Crippen LogP contribution in [0.3, 0.4) is 0 Å². The molecule has 2 N–H and O–H groups in total. The monoisotopic (exact) mass is 325 g/mol. The third-order valence-corrected chi connectivity index (χ3v) is 4.34. The number of piperidine rings is 1. The number of aryl methyl sites for hydroxylation is 1. The fraction of sp³-hybridized carbons (Fsp3) is 0.500. The molecule has 0 bridgehead atoms. The van der Waals surface area contributed by atoms with Crippen molar-refractivity contribution in [3.05, 3.63) is 28.8 Å². The van der Waals surface area contributed by atoms with E-state index in [1.807, 2.05) is 19.1 Å². The van der Waals surface area contributed by atoms with Crippen LogP contribution in [0.4, 0.5) is 5.69 Å². The van der Waals surface area contributed by atoms with Gasteiger partial charge in [-0.2, -0.15) is 0 Å². The van der Waals surface area contributed by atoms with Crippen molar-refractivity contribution < 1.29 is 19.2 Å². The quantitative estimate of drug-likeness (QED) is 0.814. The van der Waals surface area contributed by atoms with Gasteiger partial charge in [-0.05, 0) is 30.7 Å². The first-order valence-electron chi connectivity index (χ1n) is 7.47. The number of carbonyl (C=O) groups is 2. The van der Waals surface area contributed by atoms with Gasteiger partial charge in [0, 0.05) is 23.6 Å². The Morgan fingerprint density at radius 3 is 2.64 bits per heavy atom. The second kappa shape index (κ2) is 7.61. The van der Waals surface area contributed by atoms with E-state index >= 15 is 0 Å². The Morgan fingerprint density at radius 1 is 1.36 bits per heavy atom. The van der Waals surface area contributed by atoms with Crippen LogP contribution in [0.5, 0.6) is 0 Å². The Labute approximate surface area is 135 Å². The van der Waals surface area contributed by atoms with Gasteiger partial charge in [0.15, 0.2) is 6.54 Å². The molecule has 2 rings (SSSR count). The van der Waals surface area contributed by atoms with Crippen LogP contribution in [-0.4, -0.2) is 38.6 Å². The third kappa shape index (κ3) is 4.45. The average molecular weight is 326 g/mol. The number of methoxy groups -OCH3 is 1. The number of anilines is 1. The molecule has 5 nitrogen and oxygen atoms in total. The molecule has 1 aliphatic heterocycles. The molecule has 1 fully saturated rings. The summed E-state index contributed by atoms with van der Waals surface area (Å²) in [7, 11) is 1.42. The van der Waals surface area contributed by atoms with Crippen molar-refractivity contribution in [1.82, 2.24) is 0 Å². The van der Waals surface area contributed by atoms with Crippen LogP contribution in [0.25, 0.3) is 0 Å². The Balaban J connectivity index is 1.82. The van der Waals surface area contributed by atoms with E-state index in [0.29, 0.717) is 11.6 Å². The van der Waals surface area contributed by atoms with Crippen LogP contribution in [0.15, 0.2) is 18.2 Å². The number of nitrogens with one attached hydrogen (secondary N) is 2. The zero-order valence-electron chi connectivity index (χ0n) is 12.9. The van der Waals surface area contributed by atoms with Gasteiger partial charge in [-0.15, -0.1) is 0 Å². The SMILES string of the molecule is COC(=O)C1CC[NH+](CC(=O)Nc2ccc(Cl)cc2C)CC1. The molecular formula is C16H22ClN2O3+. The highest BCUT2D eigenvalue weighted by atomic mass is 35.5. The van der Waals surface area contributed by atoms with E-state index in [-0.39, 0.29) is 17.8 Å². The minimum absolute atomic E-state index is 0.0167. The molecule has 0 aliphatic carbocycles. The first kappa shape index (κ1) is 16.8. The summed E-state index contributed by atoms with van der Waals surface area (Å²) in [5, 5.41) is 3.58. The van der Waals surface area contributed by atoms with Crippen LogP contribution in [0.1, 0.15) is 18.4 Å². The predicted octanol–water partition coefficient (Wildman–Crippen LogP) is 1.05. The molecule has 0 radical (unpaired) electrons. The average Bonchev–Trinajstić information content (AvgIpc) is 2.50. The number of likely N-dealkylation sites (tertiary alicyclic amines) is 1. The number of carbonyl (C=O) groups excluding carboxylic acids is 2. The van der Waals surface area contributed by atoms with Crippen LogP contribution >= 0.6 is 11.6 Å². The summed E-state index contributed by atoms with van der Waals surface area (Å²) in [6.07, 6.45) is 1.55. The summed E-state index contributed by atoms with van der Waals surface area (Å²) in [5.74, 6) is -0.174. The lowest BCUT2D eigenvalue weighted by Gasteiger charge is -2.27. The van der Waals surface area contributed by atoms with Gasteiger partial charge in [0.25, 0.3) is 5.91 Å². The summed E-state index contributed by atoms with van der Waals surface area (Å²) in [5.41, 5.74) is 1.73. The molecule has 22 heavy (non-hydrogen) atoms. The summed E-state index contributed by atoms with van der Waals surface area (Å²) in [4.78, 5) is 24.8. The van der Waals surface area contributed by atoms with E-state index in [2.05, 4.69) is 5.32 Å². The molecule has 1 aromatic rings. The molecule has 1 saturated heterocycles. The maximum absolute atomic E-state index is 12.1. The van der Waals surface area contributed by atoms with Gasteiger partial charge in [0.05, 0.1) is 26.1 Å². The minimum Gasteiger partial charge on any atom is -0.469 e. The number of hydrogen-bond donors (Lipinski definition) is 2. The van der Waals surface area contributed by atoms with Crippen molar-refractivity contribution in [1.29, 1.82) is 0 Å². The number of amides is 1. The van der Waals surface area contributed by atoms with Crippen LogP contribution in [-0.2, 0) is 14.3 Å². The lowest BCUT2D eigenvalue weighted by atomic mass is 9.97. The van der Waals surface area contributed by atoms with Crippen molar-refractivity contribution in [2.24, 2.45) is 5.92 Å². The van der Waals surface area contributed by atoms with Crippen molar-refractivity contribution in [2.45, 2.75) is 19.8 Å². The lowest BCUT2D eigenvalue weighted by molar-refractivity contribution is -0.897. The molecular weight excluding hydrogens is 304 g/mol. The number of benzene rings is 1. The highest BCUT2D eigenvalue weighted by Gasteiger charge is 2.29. The van der Waals surface area contributed by atoms with Crippen molar-refractivity contribution in [3.63, 3.8) is 0 Å². The van der Waals surface area contributed by atoms with E-state index < -0.39 is 0 Å². The third-order valence-electron chi connectivity index (χ3n) is 4.10. The van der Waals surface area contributed by atoms with E-state index in [1.54, 1.807) is 6.07 Å². The molecule has 120 valence electrons. The fourth-order valence-electron chi connectivity index (χ4n) is 2.79. The lowest BCUT2D eigenvalue weighted by Crippen LogP contribution is -3.14. The minimum atomic E-state index is -0.139. The molecule has 0 unspecified atom stereocenters. The Morgan fingerprint density at radius 2 is 2.05 bits per heavy atom. The number of hydrogen-bond acceptors (Lipinski definition) is 3. The van der Waals surface area contributed by atoms with Gasteiger partial charge < -0.3 is 15.0 Å². The first-order valence-corrected chi connectivity index (χ1v) is 7.84. The topological polar surface area (TPSA) is 59.8 Å². The molecule has 1 aromatic carbocycles. The molecule has 6 heteroatoms. The standard InChI is InChI=1S/C16H21ClN2O3/c1-11-9-13(17)3-4-14(11)18-15(20)10-19-7-5-12(6-8-19)16(21)22-2/h3-4,9,12H,5-8,10H2,1-2H3,(H,18,20)/p+1. The number of esters is 1. The normalized spacial score (nSPS) is 21.2. The Kier molecular flexibility index (Phi) is 5.80. The Hall–Kier alpha value is -1.59. The molecule has 0 atom stereocenters. The summed E-state index contributed by atoms with van der Waals surface area (Å²) >= 11 is 5.91. The maximum atomic E-state index is 12.1. The zero-order valence-corrected chi connectivity index (χ0v) is 13.7. The molecule has 0 saturated carbocycles. The second-order valence-corrected chi connectivity index (χ2v) is 6.17. The smallest absolute Gasteiger partial charge is 0.309 e. The van der Waals surface area contributed by atoms with Gasteiger partial charge >= 0.3 is 5.97 Å². The van der Waals surface area contributed by atoms with Crippen molar-refractivity contribution >= 4 is 29.2 Å². The molecule has 1 amide bonds. The number of halogens is 1. The van der Waals surface area contributed by atoms with E-state index in [1.165, 1.54) is 12.0 Å². The van der Waals surface area contributed by atoms with Crippen LogP contribution < -0.4 is 10.2 Å². The van der Waals surface area contributed by atoms with Crippen LogP contribution in [0.2, 0.25) is 5.02 Å². The summed E-state index contributed by atoms with van der Waals surface area (Å²) in [6, 6.07) is 5.40. The van der Waals surface area contributed by atoms with Gasteiger partial charge in [-0.25, -0.2) is 0 Å². The van der Waals surface area contributed by atoms with E-state index in [4.69, 9.17) is 16.3 Å². The maximum Gasteiger partial charge on any atom is 0.309 e. The van der Waals surface area contributed by atoms with Gasteiger partial charge in [-0.3, -0.25) is 9.59 Å². The summed E-state index contributed by atoms with van der Waals surface area (Å²) in [6.45, 7) is 3.95. The highest BCUT2D eigenvalue weighted by Crippen LogP contribution is 2.19. The van der Waals surface area contributed by atoms with Gasteiger partial charge in [0.1, 0.15) is 0 Å². The van der Waals surface area contributed by atoms with E-state index in [9.17, 15) is 9.59 Å². The molecule has 0 spiro atoms. The van der Waals surface area contributed by atoms with Crippen molar-refractivity contribution in [2.75, 3.05) is 32.1 Å². The van der Waals surface area contributed by atoms with Crippen LogP contribution in [0, 0.1) is 12.8 Å². The number of rotatable bonds is 4. The first-order chi connectivity index (χ1) is 10.5. The molecule has 1 aliphatic rings. The molecule has 0 aromatic heterocycles. The summed E-state index contributed by atoms with van der Waals surface area (Å²) < 4.78 is 4.77.